The fourth-order valence-electron chi connectivity index (χ4n) is 2.34. The predicted molar refractivity (Wildman–Crippen MR) is 86.8 cm³/mol. The van der Waals surface area contributed by atoms with Crippen LogP contribution in [-0.2, 0) is 4.79 Å². The van der Waals surface area contributed by atoms with Crippen molar-refractivity contribution in [3.05, 3.63) is 72.9 Å². The van der Waals surface area contributed by atoms with Gasteiger partial charge >= 0.3 is 0 Å². The van der Waals surface area contributed by atoms with Gasteiger partial charge in [0.1, 0.15) is 0 Å². The molecule has 106 valence electrons. The summed E-state index contributed by atoms with van der Waals surface area (Å²) in [6.07, 6.45) is 3.21. The second-order valence-electron chi connectivity index (χ2n) is 4.81. The maximum Gasteiger partial charge on any atom is 0.247 e. The van der Waals surface area contributed by atoms with Crippen LogP contribution in [-0.4, -0.2) is 10.5 Å². The Kier molecular flexibility index (Phi) is 3.47. The zero-order valence-corrected chi connectivity index (χ0v) is 11.8. The van der Waals surface area contributed by atoms with Crippen molar-refractivity contribution >= 4 is 22.5 Å². The number of nitrogens with one attached hydrogen (secondary N) is 1. The molecule has 0 bridgehead atoms. The van der Waals surface area contributed by atoms with Crippen LogP contribution in [0.2, 0.25) is 0 Å². The zero-order valence-electron chi connectivity index (χ0n) is 11.8. The van der Waals surface area contributed by atoms with Gasteiger partial charge in [-0.3, -0.25) is 4.79 Å². The topological polar surface area (TPSA) is 57.8 Å². The van der Waals surface area contributed by atoms with E-state index in [0.717, 1.165) is 22.3 Å². The molecule has 3 aromatic rings. The molecule has 4 heteroatoms. The molecule has 1 heterocycles. The van der Waals surface area contributed by atoms with Crippen molar-refractivity contribution in [2.75, 3.05) is 5.32 Å². The van der Waals surface area contributed by atoms with E-state index < -0.39 is 0 Å². The molecule has 0 unspecified atom stereocenters. The van der Waals surface area contributed by atoms with E-state index in [-0.39, 0.29) is 5.91 Å². The molecule has 0 atom stereocenters. The van der Waals surface area contributed by atoms with Gasteiger partial charge in [0.15, 0.2) is 0 Å². The highest BCUT2D eigenvalue weighted by molar-refractivity contribution is 6.00. The van der Waals surface area contributed by atoms with Crippen molar-refractivity contribution in [1.82, 2.24) is 4.57 Å². The summed E-state index contributed by atoms with van der Waals surface area (Å²) in [6.45, 7) is 3.44. The van der Waals surface area contributed by atoms with E-state index in [2.05, 4.69) is 18.0 Å². The van der Waals surface area contributed by atoms with Crippen LogP contribution in [0, 0.1) is 11.3 Å². The molecule has 0 aliphatic rings. The van der Waals surface area contributed by atoms with Crippen molar-refractivity contribution in [1.29, 1.82) is 5.26 Å². The van der Waals surface area contributed by atoms with Gasteiger partial charge in [0.2, 0.25) is 5.91 Å². The van der Waals surface area contributed by atoms with Gasteiger partial charge in [0.25, 0.3) is 0 Å². The van der Waals surface area contributed by atoms with Crippen LogP contribution in [0.25, 0.3) is 16.6 Å². The van der Waals surface area contributed by atoms with Gasteiger partial charge in [-0.05, 0) is 54.6 Å². The van der Waals surface area contributed by atoms with Crippen LogP contribution in [0.1, 0.15) is 5.56 Å². The highest BCUT2D eigenvalue weighted by Gasteiger charge is 2.05. The second-order valence-corrected chi connectivity index (χ2v) is 4.81. The van der Waals surface area contributed by atoms with Gasteiger partial charge < -0.3 is 9.88 Å². The van der Waals surface area contributed by atoms with Crippen LogP contribution in [0.15, 0.2) is 67.4 Å². The third kappa shape index (κ3) is 2.48. The van der Waals surface area contributed by atoms with Crippen LogP contribution < -0.4 is 5.32 Å². The molecule has 0 aliphatic heterocycles. The lowest BCUT2D eigenvalue weighted by atomic mass is 10.2. The molecule has 0 spiro atoms. The predicted octanol–water partition coefficient (Wildman–Crippen LogP) is 3.63. The minimum atomic E-state index is -0.231. The number of carbonyl (C=O) groups excluding carboxylic acids is 1. The summed E-state index contributed by atoms with van der Waals surface area (Å²) in [5.41, 5.74) is 3.38. The first-order valence-corrected chi connectivity index (χ1v) is 6.76. The average molecular weight is 287 g/mol. The van der Waals surface area contributed by atoms with E-state index >= 15 is 0 Å². The number of anilines is 1. The zero-order chi connectivity index (χ0) is 15.5. The quantitative estimate of drug-likeness (QED) is 0.748. The highest BCUT2D eigenvalue weighted by atomic mass is 16.1. The van der Waals surface area contributed by atoms with Crippen LogP contribution in [0.3, 0.4) is 0 Å². The maximum absolute atomic E-state index is 11.3. The average Bonchev–Trinajstić information content (AvgIpc) is 2.98. The molecule has 0 fully saturated rings. The summed E-state index contributed by atoms with van der Waals surface area (Å²) >= 11 is 0. The van der Waals surface area contributed by atoms with Crippen LogP contribution in [0.4, 0.5) is 5.69 Å². The fourth-order valence-corrected chi connectivity index (χ4v) is 2.34. The van der Waals surface area contributed by atoms with Crippen molar-refractivity contribution < 1.29 is 4.79 Å². The first kappa shape index (κ1) is 13.7. The Bertz CT molecular complexity index is 898. The van der Waals surface area contributed by atoms with Crippen molar-refractivity contribution in [2.45, 2.75) is 0 Å². The molecule has 1 amide bonds. The molecule has 4 nitrogen and oxygen atoms in total. The number of rotatable bonds is 3. The normalized spacial score (nSPS) is 10.1. The smallest absolute Gasteiger partial charge is 0.247 e. The summed E-state index contributed by atoms with van der Waals surface area (Å²) in [7, 11) is 0. The van der Waals surface area contributed by atoms with Crippen molar-refractivity contribution in [3.8, 4) is 11.8 Å². The second kappa shape index (κ2) is 5.58. The minimum Gasteiger partial charge on any atom is -0.323 e. The lowest BCUT2D eigenvalue weighted by molar-refractivity contribution is -0.111. The molecule has 22 heavy (non-hydrogen) atoms. The van der Waals surface area contributed by atoms with Crippen LogP contribution in [0.5, 0.6) is 0 Å². The summed E-state index contributed by atoms with van der Waals surface area (Å²) in [6, 6.07) is 17.2. The molecule has 1 N–H and O–H groups in total. The molecular weight excluding hydrogens is 274 g/mol. The number of carbonyl (C=O) groups is 1. The minimum absolute atomic E-state index is 0.231. The van der Waals surface area contributed by atoms with Gasteiger partial charge in [0.05, 0.1) is 17.1 Å². The van der Waals surface area contributed by atoms with Gasteiger partial charge in [-0.15, -0.1) is 0 Å². The number of hydrogen-bond acceptors (Lipinski definition) is 2. The Morgan fingerprint density at radius 3 is 2.64 bits per heavy atom. The third-order valence-corrected chi connectivity index (χ3v) is 3.42. The molecular formula is C18H13N3O. The Balaban J connectivity index is 2.00. The number of nitriles is 1. The Hall–Kier alpha value is -3.32. The van der Waals surface area contributed by atoms with Gasteiger partial charge in [0, 0.05) is 23.0 Å². The van der Waals surface area contributed by atoms with Crippen molar-refractivity contribution in [3.63, 3.8) is 0 Å². The van der Waals surface area contributed by atoms with Crippen LogP contribution >= 0.6 is 0 Å². The van der Waals surface area contributed by atoms with Gasteiger partial charge in [-0.2, -0.15) is 5.26 Å². The number of amides is 1. The molecule has 1 aromatic heterocycles. The SMILES string of the molecule is C=CC(=O)Nc1ccc2c(ccn2-c2ccc(C#N)cc2)c1. The van der Waals surface area contributed by atoms with E-state index in [1.807, 2.05) is 47.2 Å². The summed E-state index contributed by atoms with van der Waals surface area (Å²) in [5, 5.41) is 12.6. The standard InChI is InChI=1S/C18H13N3O/c1-2-18(22)20-15-5-8-17-14(11-15)9-10-21(17)16-6-3-13(12-19)4-7-16/h2-11H,1H2,(H,20,22). The van der Waals surface area contributed by atoms with E-state index in [4.69, 9.17) is 5.26 Å². The van der Waals surface area contributed by atoms with Crippen molar-refractivity contribution in [2.24, 2.45) is 0 Å². The molecule has 0 radical (unpaired) electrons. The first-order chi connectivity index (χ1) is 10.7. The maximum atomic E-state index is 11.3. The Labute approximate surface area is 127 Å². The number of hydrogen-bond donors (Lipinski definition) is 1. The molecule has 0 saturated heterocycles. The third-order valence-electron chi connectivity index (χ3n) is 3.42. The fraction of sp³-hybridized carbons (Fsp3) is 0. The summed E-state index contributed by atoms with van der Waals surface area (Å²) in [4.78, 5) is 11.3. The largest absolute Gasteiger partial charge is 0.323 e. The van der Waals surface area contributed by atoms with E-state index in [1.54, 1.807) is 12.1 Å². The molecule has 0 saturated carbocycles. The number of fused-ring (bicyclic) bond motifs is 1. The Morgan fingerprint density at radius 1 is 1.18 bits per heavy atom. The number of aromatic nitrogens is 1. The molecule has 3 rings (SSSR count). The van der Waals surface area contributed by atoms with E-state index in [0.29, 0.717) is 5.56 Å². The number of benzene rings is 2. The molecule has 2 aromatic carbocycles. The monoisotopic (exact) mass is 287 g/mol. The van der Waals surface area contributed by atoms with E-state index in [1.165, 1.54) is 6.08 Å². The van der Waals surface area contributed by atoms with Gasteiger partial charge in [-0.25, -0.2) is 0 Å². The Morgan fingerprint density at radius 2 is 1.95 bits per heavy atom. The number of nitrogens with zero attached hydrogens (tertiary/aromatic N) is 2. The lowest BCUT2D eigenvalue weighted by Gasteiger charge is -2.07. The molecule has 0 aliphatic carbocycles. The van der Waals surface area contributed by atoms with Gasteiger partial charge in [-0.1, -0.05) is 6.58 Å². The summed E-state index contributed by atoms with van der Waals surface area (Å²) in [5.74, 6) is -0.231. The van der Waals surface area contributed by atoms with E-state index in [9.17, 15) is 4.79 Å². The summed E-state index contributed by atoms with van der Waals surface area (Å²) < 4.78 is 2.04. The highest BCUT2D eigenvalue weighted by Crippen LogP contribution is 2.24. The first-order valence-electron chi connectivity index (χ1n) is 6.76. The lowest BCUT2D eigenvalue weighted by Crippen LogP contribution is -2.06.